The lowest BCUT2D eigenvalue weighted by Crippen LogP contribution is -2.13. The van der Waals surface area contributed by atoms with Crippen molar-refractivity contribution in [3.05, 3.63) is 0 Å². The Hall–Kier alpha value is 0.430. The fourth-order valence-electron chi connectivity index (χ4n) is 11.1. The molecule has 0 aliphatic rings. The topological polar surface area (TPSA) is 0 Å². The van der Waals surface area contributed by atoms with Crippen molar-refractivity contribution in [1.29, 1.82) is 0 Å². The molecule has 0 spiro atoms. The Morgan fingerprint density at radius 3 is 0.328 bits per heavy atom. The molecule has 0 radical (unpaired) electrons. The zero-order valence-corrected chi connectivity index (χ0v) is 47.1. The fourth-order valence-corrected chi connectivity index (χ4v) is 16.0. The van der Waals surface area contributed by atoms with Gasteiger partial charge in [-0.1, -0.05) is 329 Å². The van der Waals surface area contributed by atoms with E-state index in [2.05, 4.69) is 27.7 Å². The molecule has 0 atom stereocenters. The molecule has 0 saturated heterocycles. The Morgan fingerprint density at radius 1 is 0.125 bits per heavy atom. The summed E-state index contributed by atoms with van der Waals surface area (Å²) in [6, 6.07) is 0. The van der Waals surface area contributed by atoms with Gasteiger partial charge in [-0.2, -0.15) is 0 Å². The molecule has 386 valence electrons. The van der Waals surface area contributed by atoms with Crippen LogP contribution in [-0.2, 0) is 0 Å². The molecule has 0 amide bonds. The van der Waals surface area contributed by atoms with Crippen molar-refractivity contribution < 1.29 is 0 Å². The Bertz CT molecular complexity index is 700. The van der Waals surface area contributed by atoms with E-state index < -0.39 is 7.26 Å². The van der Waals surface area contributed by atoms with Gasteiger partial charge in [0.1, 0.15) is 0 Å². The third-order valence-corrected chi connectivity index (χ3v) is 20.8. The molecular formula is C63H130P+. The van der Waals surface area contributed by atoms with E-state index in [-0.39, 0.29) is 0 Å². The quantitative estimate of drug-likeness (QED) is 0.0421. The Balaban J connectivity index is 4.75. The zero-order chi connectivity index (χ0) is 46.2. The standard InChI is InChI=1S/C63H130P/c1-5-9-13-17-21-24-27-30-33-36-39-42-45-49-53-57-61-64(60-56-52-48-20-16-12-8-4,62-58-54-50-46-43-40-37-34-31-28-25-22-18-14-10-6-2)63-59-55-51-47-44-41-38-35-32-29-26-23-19-15-11-7-3/h5-63H2,1-4H3/q+1. The molecule has 0 saturated carbocycles. The first-order valence-corrected chi connectivity index (χ1v) is 34.1. The molecule has 0 aliphatic heterocycles. The minimum atomic E-state index is -0.822. The summed E-state index contributed by atoms with van der Waals surface area (Å²) in [6.45, 7) is 9.36. The van der Waals surface area contributed by atoms with Crippen molar-refractivity contribution in [2.75, 3.05) is 24.6 Å². The first-order valence-electron chi connectivity index (χ1n) is 31.6. The maximum absolute atomic E-state index is 2.37. The van der Waals surface area contributed by atoms with Crippen LogP contribution >= 0.6 is 7.26 Å². The predicted octanol–water partition coefficient (Wildman–Crippen LogP) is 24.5. The van der Waals surface area contributed by atoms with Gasteiger partial charge in [-0.3, -0.25) is 0 Å². The largest absolute Gasteiger partial charge is 0.0654 e. The van der Waals surface area contributed by atoms with Gasteiger partial charge in [-0.15, -0.1) is 0 Å². The highest BCUT2D eigenvalue weighted by Gasteiger charge is 2.35. The molecule has 0 rings (SSSR count). The van der Waals surface area contributed by atoms with Gasteiger partial charge in [-0.25, -0.2) is 0 Å². The van der Waals surface area contributed by atoms with Crippen LogP contribution in [0, 0.1) is 0 Å². The second-order valence-corrected chi connectivity index (χ2v) is 26.7. The van der Waals surface area contributed by atoms with Crippen molar-refractivity contribution in [2.45, 2.75) is 381 Å². The molecule has 1 heteroatoms. The molecule has 0 fully saturated rings. The highest BCUT2D eigenvalue weighted by Crippen LogP contribution is 2.61. The number of rotatable bonds is 59. The maximum atomic E-state index is 2.37. The molecule has 0 bridgehead atoms. The highest BCUT2D eigenvalue weighted by molar-refractivity contribution is 7.75. The molecule has 0 aromatic carbocycles. The van der Waals surface area contributed by atoms with Crippen LogP contribution in [0.3, 0.4) is 0 Å². The van der Waals surface area contributed by atoms with Crippen LogP contribution < -0.4 is 0 Å². The monoisotopic (exact) mass is 918 g/mol. The second-order valence-electron chi connectivity index (χ2n) is 22.3. The molecule has 64 heavy (non-hydrogen) atoms. The van der Waals surface area contributed by atoms with Crippen molar-refractivity contribution in [3.63, 3.8) is 0 Å². The summed E-state index contributed by atoms with van der Waals surface area (Å²) in [5.41, 5.74) is 0. The zero-order valence-electron chi connectivity index (χ0n) is 46.2. The summed E-state index contributed by atoms with van der Waals surface area (Å²) in [5.74, 6) is 0. The normalized spacial score (nSPS) is 12.0. The lowest BCUT2D eigenvalue weighted by Gasteiger charge is -2.28. The van der Waals surface area contributed by atoms with Gasteiger partial charge in [0.15, 0.2) is 0 Å². The third kappa shape index (κ3) is 51.8. The van der Waals surface area contributed by atoms with E-state index in [1.165, 1.54) is 327 Å². The Morgan fingerprint density at radius 2 is 0.219 bits per heavy atom. The van der Waals surface area contributed by atoms with E-state index in [0.29, 0.717) is 0 Å². The van der Waals surface area contributed by atoms with Crippen molar-refractivity contribution in [2.24, 2.45) is 0 Å². The maximum Gasteiger partial charge on any atom is 0.0594 e. The molecule has 0 aromatic heterocycles. The van der Waals surface area contributed by atoms with E-state index in [1.807, 2.05) is 0 Å². The van der Waals surface area contributed by atoms with Crippen LogP contribution in [0.15, 0.2) is 0 Å². The SMILES string of the molecule is CCCCCCCCCCCCCCCCCC[P+](CCCCCCCCC)(CCCCCCCCCCCCCCCCCC)CCCCCCCCCCCCCCCCCC. The van der Waals surface area contributed by atoms with E-state index >= 15 is 0 Å². The van der Waals surface area contributed by atoms with Gasteiger partial charge in [0.25, 0.3) is 0 Å². The fraction of sp³-hybridized carbons (Fsp3) is 1.00. The predicted molar refractivity (Wildman–Crippen MR) is 303 cm³/mol. The van der Waals surface area contributed by atoms with E-state index in [1.54, 1.807) is 50.3 Å². The number of unbranched alkanes of at least 4 members (excludes halogenated alkanes) is 51. The van der Waals surface area contributed by atoms with E-state index in [4.69, 9.17) is 0 Å². The van der Waals surface area contributed by atoms with Crippen LogP contribution in [-0.4, -0.2) is 24.6 Å². The van der Waals surface area contributed by atoms with Gasteiger partial charge in [0.2, 0.25) is 0 Å². The summed E-state index contributed by atoms with van der Waals surface area (Å²) >= 11 is 0. The molecular weight excluding hydrogens is 788 g/mol. The molecule has 0 unspecified atom stereocenters. The molecule has 0 aliphatic carbocycles. The molecule has 0 heterocycles. The molecule has 0 nitrogen and oxygen atoms in total. The first kappa shape index (κ1) is 64.4. The average molecular weight is 919 g/mol. The van der Waals surface area contributed by atoms with Crippen molar-refractivity contribution in [3.8, 4) is 0 Å². The van der Waals surface area contributed by atoms with Crippen LogP contribution in [0.4, 0.5) is 0 Å². The number of hydrogen-bond acceptors (Lipinski definition) is 0. The first-order chi connectivity index (χ1) is 31.7. The average Bonchev–Trinajstić information content (AvgIpc) is 3.30. The molecule has 0 N–H and O–H groups in total. The van der Waals surface area contributed by atoms with Crippen LogP contribution in [0.25, 0.3) is 0 Å². The smallest absolute Gasteiger partial charge is 0.0594 e. The highest BCUT2D eigenvalue weighted by atomic mass is 31.2. The number of hydrogen-bond donors (Lipinski definition) is 0. The van der Waals surface area contributed by atoms with Gasteiger partial charge >= 0.3 is 0 Å². The van der Waals surface area contributed by atoms with Gasteiger partial charge in [0.05, 0.1) is 24.6 Å². The van der Waals surface area contributed by atoms with Gasteiger partial charge < -0.3 is 0 Å². The van der Waals surface area contributed by atoms with E-state index in [0.717, 1.165) is 0 Å². The lowest BCUT2D eigenvalue weighted by molar-refractivity contribution is 0.530. The summed E-state index contributed by atoms with van der Waals surface area (Å²) < 4.78 is 0. The lowest BCUT2D eigenvalue weighted by atomic mass is 10.0. The third-order valence-electron chi connectivity index (χ3n) is 15.7. The van der Waals surface area contributed by atoms with Crippen LogP contribution in [0.1, 0.15) is 381 Å². The van der Waals surface area contributed by atoms with Crippen LogP contribution in [0.2, 0.25) is 0 Å². The van der Waals surface area contributed by atoms with Crippen molar-refractivity contribution >= 4 is 7.26 Å². The van der Waals surface area contributed by atoms with E-state index in [9.17, 15) is 0 Å². The summed E-state index contributed by atoms with van der Waals surface area (Å²) in [7, 11) is -0.822. The second kappa shape index (κ2) is 57.7. The van der Waals surface area contributed by atoms with Crippen LogP contribution in [0.5, 0.6) is 0 Å². The minimum Gasteiger partial charge on any atom is -0.0654 e. The Kier molecular flexibility index (Phi) is 58.1. The van der Waals surface area contributed by atoms with Crippen molar-refractivity contribution in [1.82, 2.24) is 0 Å². The summed E-state index contributed by atoms with van der Waals surface area (Å²) in [4.78, 5) is 0. The Labute approximate surface area is 410 Å². The minimum absolute atomic E-state index is 0.822. The van der Waals surface area contributed by atoms with Gasteiger partial charge in [0, 0.05) is 7.26 Å². The summed E-state index contributed by atoms with van der Waals surface area (Å²) in [6.07, 6.45) is 88.8. The summed E-state index contributed by atoms with van der Waals surface area (Å²) in [5, 5.41) is 0. The van der Waals surface area contributed by atoms with Gasteiger partial charge in [-0.05, 0) is 51.4 Å². The molecule has 0 aromatic rings.